The largest absolute Gasteiger partial charge is 0.461 e. The molecule has 1 aromatic carbocycles. The highest BCUT2D eigenvalue weighted by Crippen LogP contribution is 2.06. The number of aromatic nitrogens is 2. The van der Waals surface area contributed by atoms with Crippen LogP contribution in [0.3, 0.4) is 0 Å². The molecule has 0 atom stereocenters. The number of nitrogens with two attached hydrogens (primary N) is 1. The monoisotopic (exact) mass is 300 g/mol. The Morgan fingerprint density at radius 2 is 1.82 bits per heavy atom. The minimum Gasteiger partial charge on any atom is -0.461 e. The fraction of sp³-hybridized carbons (Fsp3) is 0.200. The zero-order chi connectivity index (χ0) is 15.8. The molecule has 0 spiro atoms. The maximum atomic E-state index is 11.6. The molecule has 1 heterocycles. The van der Waals surface area contributed by atoms with E-state index in [2.05, 4.69) is 15.3 Å². The molecule has 22 heavy (non-hydrogen) atoms. The summed E-state index contributed by atoms with van der Waals surface area (Å²) in [7, 11) is 0. The number of amides is 1. The first-order chi connectivity index (χ1) is 10.6. The quantitative estimate of drug-likeness (QED) is 0.742. The van der Waals surface area contributed by atoms with Crippen LogP contribution in [0, 0.1) is 0 Å². The highest BCUT2D eigenvalue weighted by Gasteiger charge is 2.05. The first-order valence-corrected chi connectivity index (χ1v) is 6.70. The molecule has 7 heteroatoms. The van der Waals surface area contributed by atoms with Gasteiger partial charge in [0, 0.05) is 24.5 Å². The number of esters is 1. The lowest BCUT2D eigenvalue weighted by Crippen LogP contribution is -2.13. The molecule has 2 rings (SSSR count). The molecule has 2 aromatic rings. The summed E-state index contributed by atoms with van der Waals surface area (Å²) >= 11 is 0. The number of carbonyl (C=O) groups excluding carboxylic acids is 2. The van der Waals surface area contributed by atoms with E-state index in [0.717, 1.165) is 5.56 Å². The predicted molar refractivity (Wildman–Crippen MR) is 79.9 cm³/mol. The second kappa shape index (κ2) is 7.72. The zero-order valence-electron chi connectivity index (χ0n) is 11.9. The van der Waals surface area contributed by atoms with Crippen LogP contribution in [0.4, 0.5) is 5.95 Å². The topological polar surface area (TPSA) is 107 Å². The third-order valence-corrected chi connectivity index (χ3v) is 2.82. The van der Waals surface area contributed by atoms with Gasteiger partial charge in [0.25, 0.3) is 0 Å². The number of anilines is 1. The standard InChI is InChI=1S/C15H16N4O3/c16-14(21)12-4-2-11(3-5-12)10-22-13(20)6-9-19-15-17-7-1-8-18-15/h1-5,7-8H,6,9-10H2,(H2,16,21)(H,17,18,19). The van der Waals surface area contributed by atoms with Crippen LogP contribution in [0.1, 0.15) is 22.3 Å². The SMILES string of the molecule is NC(=O)c1ccc(COC(=O)CCNc2ncccn2)cc1. The van der Waals surface area contributed by atoms with Crippen LogP contribution in [0.15, 0.2) is 42.7 Å². The van der Waals surface area contributed by atoms with Crippen molar-refractivity contribution < 1.29 is 14.3 Å². The minimum absolute atomic E-state index is 0.152. The highest BCUT2D eigenvalue weighted by molar-refractivity contribution is 5.92. The maximum Gasteiger partial charge on any atom is 0.307 e. The number of rotatable bonds is 7. The van der Waals surface area contributed by atoms with Crippen LogP contribution in [-0.4, -0.2) is 28.4 Å². The van der Waals surface area contributed by atoms with Gasteiger partial charge in [-0.05, 0) is 23.8 Å². The zero-order valence-corrected chi connectivity index (χ0v) is 11.9. The summed E-state index contributed by atoms with van der Waals surface area (Å²) in [6, 6.07) is 8.30. The fourth-order valence-electron chi connectivity index (χ4n) is 1.67. The number of nitrogens with zero attached hydrogens (tertiary/aromatic N) is 2. The molecular formula is C15H16N4O3. The van der Waals surface area contributed by atoms with Gasteiger partial charge in [0.15, 0.2) is 0 Å². The number of nitrogens with one attached hydrogen (secondary N) is 1. The third-order valence-electron chi connectivity index (χ3n) is 2.82. The lowest BCUT2D eigenvalue weighted by atomic mass is 10.1. The Kier molecular flexibility index (Phi) is 5.42. The Hall–Kier alpha value is -2.96. The van der Waals surface area contributed by atoms with Gasteiger partial charge in [-0.1, -0.05) is 12.1 Å². The molecule has 0 unspecified atom stereocenters. The van der Waals surface area contributed by atoms with Gasteiger partial charge in [0.1, 0.15) is 6.61 Å². The van der Waals surface area contributed by atoms with E-state index in [4.69, 9.17) is 10.5 Å². The molecular weight excluding hydrogens is 284 g/mol. The van der Waals surface area contributed by atoms with Gasteiger partial charge < -0.3 is 15.8 Å². The summed E-state index contributed by atoms with van der Waals surface area (Å²) < 4.78 is 5.13. The van der Waals surface area contributed by atoms with Gasteiger partial charge >= 0.3 is 5.97 Å². The normalized spacial score (nSPS) is 10.0. The number of benzene rings is 1. The van der Waals surface area contributed by atoms with Crippen molar-refractivity contribution in [3.63, 3.8) is 0 Å². The Morgan fingerprint density at radius 1 is 1.14 bits per heavy atom. The second-order valence-corrected chi connectivity index (χ2v) is 4.47. The van der Waals surface area contributed by atoms with Gasteiger partial charge in [0.2, 0.25) is 11.9 Å². The fourth-order valence-corrected chi connectivity index (χ4v) is 1.67. The van der Waals surface area contributed by atoms with E-state index in [0.29, 0.717) is 18.1 Å². The van der Waals surface area contributed by atoms with Crippen molar-refractivity contribution in [1.29, 1.82) is 0 Å². The van der Waals surface area contributed by atoms with E-state index in [1.54, 1.807) is 42.7 Å². The minimum atomic E-state index is -0.488. The first-order valence-electron chi connectivity index (χ1n) is 6.70. The Labute approximate surface area is 127 Å². The van der Waals surface area contributed by atoms with Gasteiger partial charge in [-0.2, -0.15) is 0 Å². The van der Waals surface area contributed by atoms with Crippen molar-refractivity contribution in [3.8, 4) is 0 Å². The van der Waals surface area contributed by atoms with Crippen molar-refractivity contribution in [2.45, 2.75) is 13.0 Å². The van der Waals surface area contributed by atoms with Crippen LogP contribution in [0.5, 0.6) is 0 Å². The van der Waals surface area contributed by atoms with Crippen molar-refractivity contribution in [2.24, 2.45) is 5.73 Å². The van der Waals surface area contributed by atoms with Gasteiger partial charge in [0.05, 0.1) is 6.42 Å². The Morgan fingerprint density at radius 3 is 2.45 bits per heavy atom. The second-order valence-electron chi connectivity index (χ2n) is 4.47. The Bertz CT molecular complexity index is 629. The van der Waals surface area contributed by atoms with Crippen LogP contribution in [-0.2, 0) is 16.1 Å². The number of carbonyl (C=O) groups is 2. The van der Waals surface area contributed by atoms with Crippen molar-refractivity contribution in [2.75, 3.05) is 11.9 Å². The molecule has 1 amide bonds. The molecule has 0 bridgehead atoms. The average Bonchev–Trinajstić information content (AvgIpc) is 2.54. The number of hydrogen-bond donors (Lipinski definition) is 2. The summed E-state index contributed by atoms with van der Waals surface area (Å²) in [5.74, 6) is -0.350. The van der Waals surface area contributed by atoms with Crippen LogP contribution in [0.2, 0.25) is 0 Å². The summed E-state index contributed by atoms with van der Waals surface area (Å²) in [6.45, 7) is 0.545. The summed E-state index contributed by atoms with van der Waals surface area (Å²) in [6.07, 6.45) is 3.43. The maximum absolute atomic E-state index is 11.6. The Balaban J connectivity index is 1.70. The predicted octanol–water partition coefficient (Wildman–Crippen LogP) is 1.12. The van der Waals surface area contributed by atoms with Gasteiger partial charge in [-0.25, -0.2) is 9.97 Å². The molecule has 0 aliphatic carbocycles. The first kappa shape index (κ1) is 15.4. The lowest BCUT2D eigenvalue weighted by Gasteiger charge is -2.06. The molecule has 0 saturated heterocycles. The summed E-state index contributed by atoms with van der Waals surface area (Å²) in [5.41, 5.74) is 6.36. The molecule has 0 fully saturated rings. The smallest absolute Gasteiger partial charge is 0.307 e. The van der Waals surface area contributed by atoms with Crippen molar-refractivity contribution in [1.82, 2.24) is 9.97 Å². The lowest BCUT2D eigenvalue weighted by molar-refractivity contribution is -0.144. The van der Waals surface area contributed by atoms with Gasteiger partial charge in [-0.15, -0.1) is 0 Å². The number of ether oxygens (including phenoxy) is 1. The molecule has 0 saturated carbocycles. The molecule has 1 aromatic heterocycles. The van der Waals surface area contributed by atoms with Crippen LogP contribution < -0.4 is 11.1 Å². The van der Waals surface area contributed by atoms with E-state index in [-0.39, 0.29) is 19.0 Å². The van der Waals surface area contributed by atoms with Gasteiger partial charge in [-0.3, -0.25) is 9.59 Å². The van der Waals surface area contributed by atoms with Crippen LogP contribution >= 0.6 is 0 Å². The molecule has 0 radical (unpaired) electrons. The third kappa shape index (κ3) is 4.86. The molecule has 3 N–H and O–H groups in total. The van der Waals surface area contributed by atoms with Crippen LogP contribution in [0.25, 0.3) is 0 Å². The summed E-state index contributed by atoms with van der Waals surface area (Å²) in [5, 5.41) is 2.92. The van der Waals surface area contributed by atoms with E-state index in [1.165, 1.54) is 0 Å². The van der Waals surface area contributed by atoms with E-state index in [1.807, 2.05) is 0 Å². The van der Waals surface area contributed by atoms with Crippen molar-refractivity contribution in [3.05, 3.63) is 53.9 Å². The molecule has 7 nitrogen and oxygen atoms in total. The van der Waals surface area contributed by atoms with E-state index < -0.39 is 5.91 Å². The molecule has 0 aliphatic rings. The molecule has 0 aliphatic heterocycles. The average molecular weight is 300 g/mol. The summed E-state index contributed by atoms with van der Waals surface area (Å²) in [4.78, 5) is 30.5. The number of hydrogen-bond acceptors (Lipinski definition) is 6. The highest BCUT2D eigenvalue weighted by atomic mass is 16.5. The number of primary amides is 1. The van der Waals surface area contributed by atoms with E-state index in [9.17, 15) is 9.59 Å². The molecule has 114 valence electrons. The van der Waals surface area contributed by atoms with Crippen molar-refractivity contribution >= 4 is 17.8 Å². The van der Waals surface area contributed by atoms with E-state index >= 15 is 0 Å².